The molecule has 1 unspecified atom stereocenters. The Bertz CT molecular complexity index is 1020. The molecule has 7 heteroatoms. The Kier molecular flexibility index (Phi) is 4.20. The topological polar surface area (TPSA) is 117 Å². The van der Waals surface area contributed by atoms with Gasteiger partial charge in [-0.05, 0) is 30.9 Å². The monoisotopic (exact) mass is 351 g/mol. The van der Waals surface area contributed by atoms with Crippen LogP contribution in [0.15, 0.2) is 35.1 Å². The Labute approximate surface area is 150 Å². The van der Waals surface area contributed by atoms with E-state index in [1.165, 1.54) is 17.0 Å². The highest BCUT2D eigenvalue weighted by atomic mass is 16.2. The van der Waals surface area contributed by atoms with E-state index in [9.17, 15) is 9.59 Å². The number of anilines is 1. The van der Waals surface area contributed by atoms with Crippen molar-refractivity contribution in [2.24, 2.45) is 0 Å². The van der Waals surface area contributed by atoms with Gasteiger partial charge in [0.2, 0.25) is 5.91 Å². The van der Waals surface area contributed by atoms with Gasteiger partial charge in [0.1, 0.15) is 11.6 Å². The quantitative estimate of drug-likeness (QED) is 0.571. The van der Waals surface area contributed by atoms with Gasteiger partial charge in [-0.1, -0.05) is 18.2 Å². The number of fused-ring (bicyclic) bond motifs is 3. The van der Waals surface area contributed by atoms with Crippen molar-refractivity contribution < 1.29 is 4.79 Å². The number of para-hydroxylation sites is 1. The lowest BCUT2D eigenvalue weighted by Crippen LogP contribution is -2.33. The first-order valence-corrected chi connectivity index (χ1v) is 8.85. The number of nitrogens with one attached hydrogen (secondary N) is 3. The second kappa shape index (κ2) is 6.67. The van der Waals surface area contributed by atoms with Gasteiger partial charge in [-0.25, -0.2) is 4.98 Å². The summed E-state index contributed by atoms with van der Waals surface area (Å²) in [5.74, 6) is 0.498. The highest BCUT2D eigenvalue weighted by Crippen LogP contribution is 2.36. The van der Waals surface area contributed by atoms with E-state index < -0.39 is 0 Å². The molecule has 2 heterocycles. The zero-order valence-electron chi connectivity index (χ0n) is 14.3. The Morgan fingerprint density at radius 2 is 2.15 bits per heavy atom. The second-order valence-corrected chi connectivity index (χ2v) is 6.67. The van der Waals surface area contributed by atoms with E-state index in [-0.39, 0.29) is 23.2 Å². The predicted octanol–water partition coefficient (Wildman–Crippen LogP) is 1.61. The fourth-order valence-electron chi connectivity index (χ4n) is 3.75. The van der Waals surface area contributed by atoms with Crippen LogP contribution in [-0.2, 0) is 17.6 Å². The van der Waals surface area contributed by atoms with Crippen LogP contribution in [0.3, 0.4) is 0 Å². The van der Waals surface area contributed by atoms with Crippen LogP contribution < -0.4 is 16.6 Å². The van der Waals surface area contributed by atoms with Crippen LogP contribution in [-0.4, -0.2) is 27.4 Å². The minimum absolute atomic E-state index is 0.00348. The van der Waals surface area contributed by atoms with Gasteiger partial charge < -0.3 is 21.0 Å². The number of aryl methyl sites for hydroxylation is 1. The third kappa shape index (κ3) is 3.08. The first kappa shape index (κ1) is 16.4. The standard InChI is InChI=1S/C19H21N5O2/c20-15-10-17(25)24-16(23-15)8-9-21-19(26)13-6-3-5-12-11-4-1-2-7-14(11)22-18(12)13/h1-2,4,7,10,13,22H,3,5-6,8-9H2,(H,21,26)(H3,20,23,24,25). The number of carbonyl (C=O) groups is 1. The molecule has 4 rings (SSSR count). The first-order chi connectivity index (χ1) is 12.6. The van der Waals surface area contributed by atoms with Crippen LogP contribution in [0, 0.1) is 0 Å². The molecule has 2 aromatic heterocycles. The molecule has 5 N–H and O–H groups in total. The van der Waals surface area contributed by atoms with E-state index in [1.54, 1.807) is 0 Å². The van der Waals surface area contributed by atoms with Crippen molar-refractivity contribution in [2.75, 3.05) is 12.3 Å². The van der Waals surface area contributed by atoms with Gasteiger partial charge in [0, 0.05) is 35.6 Å². The van der Waals surface area contributed by atoms with Crippen LogP contribution in [0.25, 0.3) is 10.9 Å². The lowest BCUT2D eigenvalue weighted by molar-refractivity contribution is -0.122. The van der Waals surface area contributed by atoms with Crippen molar-refractivity contribution in [2.45, 2.75) is 31.6 Å². The van der Waals surface area contributed by atoms with Gasteiger partial charge in [0.05, 0.1) is 5.92 Å². The number of aromatic nitrogens is 3. The summed E-state index contributed by atoms with van der Waals surface area (Å²) in [4.78, 5) is 34.3. The summed E-state index contributed by atoms with van der Waals surface area (Å²) in [6, 6.07) is 9.41. The Hall–Kier alpha value is -3.09. The SMILES string of the molecule is Nc1cc(=O)[nH]c(CCNC(=O)C2CCCc3c2[nH]c2ccccc32)n1. The number of aromatic amines is 2. The number of carbonyl (C=O) groups excluding carboxylic acids is 1. The summed E-state index contributed by atoms with van der Waals surface area (Å²) in [7, 11) is 0. The number of amides is 1. The molecule has 0 radical (unpaired) electrons. The van der Waals surface area contributed by atoms with Gasteiger partial charge in [-0.2, -0.15) is 0 Å². The smallest absolute Gasteiger partial charge is 0.252 e. The zero-order chi connectivity index (χ0) is 18.1. The molecule has 26 heavy (non-hydrogen) atoms. The molecule has 0 fully saturated rings. The number of nitrogen functional groups attached to an aromatic ring is 1. The summed E-state index contributed by atoms with van der Waals surface area (Å²) in [5, 5.41) is 4.17. The van der Waals surface area contributed by atoms with Crippen LogP contribution in [0.4, 0.5) is 5.82 Å². The number of hydrogen-bond donors (Lipinski definition) is 4. The molecule has 0 saturated heterocycles. The number of nitrogens with zero attached hydrogens (tertiary/aromatic N) is 1. The van der Waals surface area contributed by atoms with Crippen LogP contribution >= 0.6 is 0 Å². The number of H-pyrrole nitrogens is 2. The largest absolute Gasteiger partial charge is 0.383 e. The van der Waals surface area contributed by atoms with Gasteiger partial charge in [-0.15, -0.1) is 0 Å². The molecule has 0 spiro atoms. The van der Waals surface area contributed by atoms with Gasteiger partial charge >= 0.3 is 0 Å². The van der Waals surface area contributed by atoms with Gasteiger partial charge in [0.15, 0.2) is 0 Å². The molecule has 134 valence electrons. The predicted molar refractivity (Wildman–Crippen MR) is 100.0 cm³/mol. The van der Waals surface area contributed by atoms with Crippen LogP contribution in [0.5, 0.6) is 0 Å². The van der Waals surface area contributed by atoms with Gasteiger partial charge in [-0.3, -0.25) is 9.59 Å². The molecule has 0 saturated carbocycles. The summed E-state index contributed by atoms with van der Waals surface area (Å²) in [6.45, 7) is 0.400. The second-order valence-electron chi connectivity index (χ2n) is 6.67. The number of nitrogens with two attached hydrogens (primary N) is 1. The van der Waals surface area contributed by atoms with Crippen molar-refractivity contribution in [1.29, 1.82) is 0 Å². The van der Waals surface area contributed by atoms with E-state index >= 15 is 0 Å². The van der Waals surface area contributed by atoms with Crippen LogP contribution in [0.1, 0.15) is 35.8 Å². The fourth-order valence-corrected chi connectivity index (χ4v) is 3.75. The third-order valence-electron chi connectivity index (χ3n) is 4.90. The molecule has 0 aliphatic heterocycles. The maximum Gasteiger partial charge on any atom is 0.252 e. The Balaban J connectivity index is 1.47. The normalized spacial score (nSPS) is 16.4. The van der Waals surface area contributed by atoms with E-state index in [0.29, 0.717) is 18.8 Å². The highest BCUT2D eigenvalue weighted by Gasteiger charge is 2.29. The zero-order valence-corrected chi connectivity index (χ0v) is 14.3. The van der Waals surface area contributed by atoms with Gasteiger partial charge in [0.25, 0.3) is 5.56 Å². The number of hydrogen-bond acceptors (Lipinski definition) is 4. The molecule has 1 aliphatic carbocycles. The summed E-state index contributed by atoms with van der Waals surface area (Å²) in [6.07, 6.45) is 3.26. The minimum Gasteiger partial charge on any atom is -0.383 e. The third-order valence-corrected chi connectivity index (χ3v) is 4.90. The molecular formula is C19H21N5O2. The van der Waals surface area contributed by atoms with E-state index in [4.69, 9.17) is 5.73 Å². The lowest BCUT2D eigenvalue weighted by atomic mass is 9.86. The minimum atomic E-state index is -0.283. The maximum absolute atomic E-state index is 12.7. The maximum atomic E-state index is 12.7. The average Bonchev–Trinajstić information content (AvgIpc) is 2.99. The molecule has 0 bridgehead atoms. The van der Waals surface area contributed by atoms with E-state index in [0.717, 1.165) is 30.5 Å². The van der Waals surface area contributed by atoms with E-state index in [1.807, 2.05) is 18.2 Å². The van der Waals surface area contributed by atoms with Crippen molar-refractivity contribution in [3.63, 3.8) is 0 Å². The molecule has 7 nitrogen and oxygen atoms in total. The van der Waals surface area contributed by atoms with Crippen molar-refractivity contribution in [3.8, 4) is 0 Å². The highest BCUT2D eigenvalue weighted by molar-refractivity contribution is 5.90. The Morgan fingerprint density at radius 1 is 1.31 bits per heavy atom. The van der Waals surface area contributed by atoms with Crippen molar-refractivity contribution in [1.82, 2.24) is 20.3 Å². The van der Waals surface area contributed by atoms with E-state index in [2.05, 4.69) is 26.3 Å². The molecule has 1 aliphatic rings. The summed E-state index contributed by atoms with van der Waals surface area (Å²) in [5.41, 5.74) is 8.66. The molecule has 1 amide bonds. The average molecular weight is 351 g/mol. The van der Waals surface area contributed by atoms with Crippen molar-refractivity contribution >= 4 is 22.6 Å². The molecule has 3 aromatic rings. The summed E-state index contributed by atoms with van der Waals surface area (Å²) < 4.78 is 0. The number of benzene rings is 1. The fraction of sp³-hybridized carbons (Fsp3) is 0.316. The lowest BCUT2D eigenvalue weighted by Gasteiger charge is -2.22. The Morgan fingerprint density at radius 3 is 3.00 bits per heavy atom. The molecule has 1 aromatic carbocycles. The summed E-state index contributed by atoms with van der Waals surface area (Å²) >= 11 is 0. The first-order valence-electron chi connectivity index (χ1n) is 8.85. The number of rotatable bonds is 4. The van der Waals surface area contributed by atoms with Crippen molar-refractivity contribution in [3.05, 3.63) is 57.8 Å². The molecule has 1 atom stereocenters. The molecular weight excluding hydrogens is 330 g/mol. The van der Waals surface area contributed by atoms with Crippen LogP contribution in [0.2, 0.25) is 0 Å².